The molecule has 0 aliphatic heterocycles. The van der Waals surface area contributed by atoms with E-state index in [0.717, 1.165) is 35.3 Å². The lowest BCUT2D eigenvalue weighted by Gasteiger charge is -2.11. The fraction of sp³-hybridized carbons (Fsp3) is 0.250. The molecule has 3 heteroatoms. The number of rotatable bonds is 8. The van der Waals surface area contributed by atoms with Gasteiger partial charge in [-0.25, -0.2) is 0 Å². The van der Waals surface area contributed by atoms with Gasteiger partial charge in [-0.2, -0.15) is 0 Å². The molecule has 0 saturated heterocycles. The second-order valence-electron chi connectivity index (χ2n) is 5.41. The summed E-state index contributed by atoms with van der Waals surface area (Å²) >= 11 is 0. The van der Waals surface area contributed by atoms with Gasteiger partial charge in [0.2, 0.25) is 0 Å². The first-order chi connectivity index (χ1) is 11.2. The molecule has 0 spiro atoms. The lowest BCUT2D eigenvalue weighted by molar-refractivity contribution is -0.136. The summed E-state index contributed by atoms with van der Waals surface area (Å²) in [4.78, 5) is 10.9. The number of allylic oxidation sites excluding steroid dienone is 1. The Morgan fingerprint density at radius 1 is 1.13 bits per heavy atom. The van der Waals surface area contributed by atoms with Gasteiger partial charge in [-0.1, -0.05) is 61.9 Å². The number of hydrogen-bond acceptors (Lipinski definition) is 2. The molecule has 0 aliphatic carbocycles. The first-order valence-electron chi connectivity index (χ1n) is 7.87. The third-order valence-corrected chi connectivity index (χ3v) is 3.42. The molecule has 0 unspecified atom stereocenters. The highest BCUT2D eigenvalue weighted by Gasteiger charge is 2.06. The van der Waals surface area contributed by atoms with Crippen molar-refractivity contribution in [1.82, 2.24) is 0 Å². The van der Waals surface area contributed by atoms with Crippen molar-refractivity contribution >= 4 is 12.0 Å². The summed E-state index contributed by atoms with van der Waals surface area (Å²) in [6.45, 7) is 2.62. The molecule has 0 atom stereocenters. The largest absolute Gasteiger partial charge is 0.488 e. The highest BCUT2D eigenvalue weighted by atomic mass is 16.5. The number of ether oxygens (including phenoxy) is 1. The molecule has 120 valence electrons. The molecule has 0 amide bonds. The fourth-order valence-electron chi connectivity index (χ4n) is 2.26. The van der Waals surface area contributed by atoms with Crippen molar-refractivity contribution in [2.75, 3.05) is 0 Å². The molecule has 0 bridgehead atoms. The van der Waals surface area contributed by atoms with Crippen LogP contribution in [0, 0.1) is 0 Å². The van der Waals surface area contributed by atoms with E-state index < -0.39 is 5.97 Å². The van der Waals surface area contributed by atoms with Crippen molar-refractivity contribution in [1.29, 1.82) is 0 Å². The van der Waals surface area contributed by atoms with Gasteiger partial charge in [0, 0.05) is 5.56 Å². The summed E-state index contributed by atoms with van der Waals surface area (Å²) in [5.41, 5.74) is 2.81. The van der Waals surface area contributed by atoms with E-state index in [-0.39, 0.29) is 6.42 Å². The first-order valence-corrected chi connectivity index (χ1v) is 7.87. The minimum atomic E-state index is -0.827. The SMILES string of the molecule is CCCC=Cc1cc(CC(=O)O)ccc1OCc1ccccc1. The molecule has 0 aliphatic rings. The van der Waals surface area contributed by atoms with Crippen molar-refractivity contribution in [3.63, 3.8) is 0 Å². The Morgan fingerprint density at radius 2 is 1.91 bits per heavy atom. The Bertz CT molecular complexity index is 660. The van der Waals surface area contributed by atoms with Crippen LogP contribution in [0.25, 0.3) is 6.08 Å². The van der Waals surface area contributed by atoms with Gasteiger partial charge in [0.15, 0.2) is 0 Å². The van der Waals surface area contributed by atoms with Crippen molar-refractivity contribution in [2.45, 2.75) is 32.8 Å². The van der Waals surface area contributed by atoms with Crippen LogP contribution in [-0.4, -0.2) is 11.1 Å². The molecule has 23 heavy (non-hydrogen) atoms. The quantitative estimate of drug-likeness (QED) is 0.768. The van der Waals surface area contributed by atoms with Gasteiger partial charge < -0.3 is 9.84 Å². The highest BCUT2D eigenvalue weighted by Crippen LogP contribution is 2.23. The zero-order chi connectivity index (χ0) is 16.5. The van der Waals surface area contributed by atoms with Gasteiger partial charge in [0.05, 0.1) is 6.42 Å². The molecule has 0 aromatic heterocycles. The lowest BCUT2D eigenvalue weighted by Crippen LogP contribution is -2.02. The molecule has 0 fully saturated rings. The predicted octanol–water partition coefficient (Wildman–Crippen LogP) is 4.71. The van der Waals surface area contributed by atoms with E-state index >= 15 is 0 Å². The van der Waals surface area contributed by atoms with Crippen LogP contribution in [0.3, 0.4) is 0 Å². The number of unbranched alkanes of at least 4 members (excludes halogenated alkanes) is 1. The summed E-state index contributed by atoms with van der Waals surface area (Å²) in [6.07, 6.45) is 6.19. The predicted molar refractivity (Wildman–Crippen MR) is 92.5 cm³/mol. The molecular weight excluding hydrogens is 288 g/mol. The van der Waals surface area contributed by atoms with E-state index in [1.165, 1.54) is 0 Å². The van der Waals surface area contributed by atoms with Crippen molar-refractivity contribution in [3.05, 3.63) is 71.3 Å². The summed E-state index contributed by atoms with van der Waals surface area (Å²) in [5.74, 6) is -0.0539. The van der Waals surface area contributed by atoms with Gasteiger partial charge in [0.25, 0.3) is 0 Å². The molecule has 2 aromatic carbocycles. The van der Waals surface area contributed by atoms with E-state index in [0.29, 0.717) is 6.61 Å². The van der Waals surface area contributed by atoms with Gasteiger partial charge >= 0.3 is 5.97 Å². The minimum Gasteiger partial charge on any atom is -0.488 e. The molecular formula is C20H22O3. The van der Waals surface area contributed by atoms with Gasteiger partial charge in [-0.15, -0.1) is 0 Å². The first kappa shape index (κ1) is 16.8. The maximum atomic E-state index is 10.9. The summed E-state index contributed by atoms with van der Waals surface area (Å²) in [7, 11) is 0. The van der Waals surface area contributed by atoms with Gasteiger partial charge in [0.1, 0.15) is 12.4 Å². The number of carbonyl (C=O) groups is 1. The Morgan fingerprint density at radius 3 is 2.61 bits per heavy atom. The second kappa shape index (κ2) is 8.79. The molecule has 0 radical (unpaired) electrons. The van der Waals surface area contributed by atoms with Crippen molar-refractivity contribution in [3.8, 4) is 5.75 Å². The standard InChI is InChI=1S/C20H22O3/c1-2-3-5-10-18-13-17(14-20(21)22)11-12-19(18)23-15-16-8-6-4-7-9-16/h4-13H,2-3,14-15H2,1H3,(H,21,22). The Kier molecular flexibility index (Phi) is 6.42. The fourth-order valence-corrected chi connectivity index (χ4v) is 2.26. The maximum absolute atomic E-state index is 10.9. The lowest BCUT2D eigenvalue weighted by atomic mass is 10.1. The minimum absolute atomic E-state index is 0.0214. The molecule has 2 aromatic rings. The van der Waals surface area contributed by atoms with Gasteiger partial charge in [-0.05, 0) is 29.7 Å². The monoisotopic (exact) mass is 310 g/mol. The zero-order valence-electron chi connectivity index (χ0n) is 13.4. The number of hydrogen-bond donors (Lipinski definition) is 1. The van der Waals surface area contributed by atoms with E-state index in [4.69, 9.17) is 9.84 Å². The number of carboxylic acid groups (broad SMARTS) is 1. The summed E-state index contributed by atoms with van der Waals surface area (Å²) < 4.78 is 5.92. The normalized spacial score (nSPS) is 10.8. The Hall–Kier alpha value is -2.55. The Labute approximate surface area is 137 Å². The smallest absolute Gasteiger partial charge is 0.307 e. The van der Waals surface area contributed by atoms with Gasteiger partial charge in [-0.3, -0.25) is 4.79 Å². The number of carboxylic acids is 1. The third-order valence-electron chi connectivity index (χ3n) is 3.42. The van der Waals surface area contributed by atoms with Crippen LogP contribution in [0.5, 0.6) is 5.75 Å². The van der Waals surface area contributed by atoms with Crippen LogP contribution in [0.4, 0.5) is 0 Å². The Balaban J connectivity index is 2.17. The number of aliphatic carboxylic acids is 1. The topological polar surface area (TPSA) is 46.5 Å². The molecule has 0 heterocycles. The van der Waals surface area contributed by atoms with E-state index in [9.17, 15) is 4.79 Å². The van der Waals surface area contributed by atoms with E-state index in [2.05, 4.69) is 13.0 Å². The van der Waals surface area contributed by atoms with E-state index in [1.54, 1.807) is 0 Å². The summed E-state index contributed by atoms with van der Waals surface area (Å²) in [6, 6.07) is 15.5. The average molecular weight is 310 g/mol. The van der Waals surface area contributed by atoms with E-state index in [1.807, 2.05) is 54.6 Å². The van der Waals surface area contributed by atoms with Crippen LogP contribution in [0.15, 0.2) is 54.6 Å². The third kappa shape index (κ3) is 5.62. The van der Waals surface area contributed by atoms with Crippen LogP contribution >= 0.6 is 0 Å². The zero-order valence-corrected chi connectivity index (χ0v) is 13.4. The summed E-state index contributed by atoms with van der Waals surface area (Å²) in [5, 5.41) is 8.94. The average Bonchev–Trinajstić information content (AvgIpc) is 2.55. The molecule has 1 N–H and O–H groups in total. The van der Waals surface area contributed by atoms with Crippen LogP contribution in [0.2, 0.25) is 0 Å². The van der Waals surface area contributed by atoms with Crippen LogP contribution in [0.1, 0.15) is 36.5 Å². The second-order valence-corrected chi connectivity index (χ2v) is 5.41. The molecule has 2 rings (SSSR count). The van der Waals surface area contributed by atoms with Crippen molar-refractivity contribution in [2.24, 2.45) is 0 Å². The van der Waals surface area contributed by atoms with Crippen molar-refractivity contribution < 1.29 is 14.6 Å². The molecule has 3 nitrogen and oxygen atoms in total. The maximum Gasteiger partial charge on any atom is 0.307 e. The van der Waals surface area contributed by atoms with Crippen LogP contribution in [-0.2, 0) is 17.8 Å². The molecule has 0 saturated carbocycles. The highest BCUT2D eigenvalue weighted by molar-refractivity contribution is 5.71. The number of benzene rings is 2. The van der Waals surface area contributed by atoms with Crippen LogP contribution < -0.4 is 4.74 Å².